The summed E-state index contributed by atoms with van der Waals surface area (Å²) in [5, 5.41) is 5.74. The van der Waals surface area contributed by atoms with Gasteiger partial charge in [0.05, 0.1) is 18.4 Å². The molecular weight excluding hydrogens is 280 g/mol. The molecule has 6 nitrogen and oxygen atoms in total. The Morgan fingerprint density at radius 1 is 1.27 bits per heavy atom. The van der Waals surface area contributed by atoms with E-state index in [1.807, 2.05) is 17.0 Å². The fourth-order valence-corrected chi connectivity index (χ4v) is 3.09. The van der Waals surface area contributed by atoms with Gasteiger partial charge in [-0.1, -0.05) is 19.3 Å². The minimum absolute atomic E-state index is 0.0164. The number of hydrogen-bond acceptors (Lipinski definition) is 4. The van der Waals surface area contributed by atoms with Gasteiger partial charge in [0.2, 0.25) is 11.8 Å². The molecule has 1 aliphatic heterocycles. The molecule has 0 bridgehead atoms. The van der Waals surface area contributed by atoms with E-state index in [9.17, 15) is 9.59 Å². The lowest BCUT2D eigenvalue weighted by Crippen LogP contribution is -2.48. The molecule has 2 aliphatic rings. The number of pyridine rings is 1. The van der Waals surface area contributed by atoms with E-state index in [4.69, 9.17) is 0 Å². The van der Waals surface area contributed by atoms with Crippen LogP contribution in [0.25, 0.3) is 0 Å². The second-order valence-electron chi connectivity index (χ2n) is 6.00. The maximum absolute atomic E-state index is 12.2. The first-order valence-corrected chi connectivity index (χ1v) is 8.01. The number of anilines is 2. The van der Waals surface area contributed by atoms with Crippen molar-refractivity contribution in [2.24, 2.45) is 5.92 Å². The Labute approximate surface area is 130 Å². The van der Waals surface area contributed by atoms with E-state index in [1.165, 1.54) is 6.42 Å². The van der Waals surface area contributed by atoms with Crippen molar-refractivity contribution >= 4 is 23.3 Å². The molecular formula is C16H22N4O2. The number of amides is 2. The minimum atomic E-state index is 0.0164. The normalized spacial score (nSPS) is 19.6. The largest absolute Gasteiger partial charge is 0.353 e. The Morgan fingerprint density at radius 3 is 2.77 bits per heavy atom. The van der Waals surface area contributed by atoms with Crippen molar-refractivity contribution in [1.82, 2.24) is 10.3 Å². The summed E-state index contributed by atoms with van der Waals surface area (Å²) >= 11 is 0. The second kappa shape index (κ2) is 6.77. The molecule has 0 unspecified atom stereocenters. The Balaban J connectivity index is 1.59. The zero-order valence-corrected chi connectivity index (χ0v) is 12.7. The van der Waals surface area contributed by atoms with Gasteiger partial charge in [0.1, 0.15) is 5.82 Å². The molecule has 0 aromatic carbocycles. The SMILES string of the molecule is O=C1CN(c2ccc(NC(=O)C3CCCCC3)cn2)CCN1. The fraction of sp³-hybridized carbons (Fsp3) is 0.562. The highest BCUT2D eigenvalue weighted by Gasteiger charge is 2.21. The highest BCUT2D eigenvalue weighted by atomic mass is 16.2. The third-order valence-corrected chi connectivity index (χ3v) is 4.35. The first-order chi connectivity index (χ1) is 10.7. The summed E-state index contributed by atoms with van der Waals surface area (Å²) in [4.78, 5) is 29.9. The molecule has 2 fully saturated rings. The van der Waals surface area contributed by atoms with Gasteiger partial charge in [-0.25, -0.2) is 4.98 Å². The van der Waals surface area contributed by atoms with Crippen LogP contribution in [0.4, 0.5) is 11.5 Å². The van der Waals surface area contributed by atoms with Gasteiger partial charge in [-0.2, -0.15) is 0 Å². The number of nitrogens with zero attached hydrogens (tertiary/aromatic N) is 2. The zero-order valence-electron chi connectivity index (χ0n) is 12.7. The van der Waals surface area contributed by atoms with Gasteiger partial charge in [0.15, 0.2) is 0 Å². The van der Waals surface area contributed by atoms with Crippen LogP contribution in [0.1, 0.15) is 32.1 Å². The van der Waals surface area contributed by atoms with Gasteiger partial charge < -0.3 is 15.5 Å². The molecule has 0 spiro atoms. The summed E-state index contributed by atoms with van der Waals surface area (Å²) < 4.78 is 0. The van der Waals surface area contributed by atoms with Gasteiger partial charge >= 0.3 is 0 Å². The van der Waals surface area contributed by atoms with Crippen molar-refractivity contribution in [3.8, 4) is 0 Å². The van der Waals surface area contributed by atoms with Crippen molar-refractivity contribution in [1.29, 1.82) is 0 Å². The molecule has 118 valence electrons. The van der Waals surface area contributed by atoms with Gasteiger partial charge in [-0.05, 0) is 25.0 Å². The van der Waals surface area contributed by atoms with Gasteiger partial charge in [-0.3, -0.25) is 9.59 Å². The smallest absolute Gasteiger partial charge is 0.239 e. The predicted octanol–water partition coefficient (Wildman–Crippen LogP) is 1.54. The summed E-state index contributed by atoms with van der Waals surface area (Å²) in [6.07, 6.45) is 7.17. The van der Waals surface area contributed by atoms with Crippen molar-refractivity contribution in [2.75, 3.05) is 29.9 Å². The van der Waals surface area contributed by atoms with Crippen molar-refractivity contribution in [3.05, 3.63) is 18.3 Å². The highest BCUT2D eigenvalue weighted by Crippen LogP contribution is 2.25. The van der Waals surface area contributed by atoms with Crippen LogP contribution >= 0.6 is 0 Å². The molecule has 6 heteroatoms. The number of aromatic nitrogens is 1. The Morgan fingerprint density at radius 2 is 2.09 bits per heavy atom. The molecule has 2 N–H and O–H groups in total. The quantitative estimate of drug-likeness (QED) is 0.888. The van der Waals surface area contributed by atoms with Crippen LogP contribution in [-0.4, -0.2) is 36.4 Å². The number of hydrogen-bond donors (Lipinski definition) is 2. The van der Waals surface area contributed by atoms with Crippen LogP contribution in [-0.2, 0) is 9.59 Å². The maximum atomic E-state index is 12.2. The van der Waals surface area contributed by atoms with Crippen LogP contribution in [0, 0.1) is 5.92 Å². The predicted molar refractivity (Wildman–Crippen MR) is 84.7 cm³/mol. The molecule has 1 saturated heterocycles. The summed E-state index contributed by atoms with van der Waals surface area (Å²) in [6.45, 7) is 1.73. The number of nitrogens with one attached hydrogen (secondary N) is 2. The lowest BCUT2D eigenvalue weighted by Gasteiger charge is -2.27. The molecule has 22 heavy (non-hydrogen) atoms. The van der Waals surface area contributed by atoms with E-state index in [2.05, 4.69) is 15.6 Å². The molecule has 1 aliphatic carbocycles. The van der Waals surface area contributed by atoms with Crippen LogP contribution in [0.3, 0.4) is 0 Å². The number of carbonyl (C=O) groups excluding carboxylic acids is 2. The summed E-state index contributed by atoms with van der Waals surface area (Å²) in [7, 11) is 0. The molecule has 1 aromatic rings. The zero-order chi connectivity index (χ0) is 15.4. The molecule has 2 amide bonds. The van der Waals surface area contributed by atoms with E-state index >= 15 is 0 Å². The van der Waals surface area contributed by atoms with Gasteiger partial charge in [-0.15, -0.1) is 0 Å². The van der Waals surface area contributed by atoms with Crippen LogP contribution < -0.4 is 15.5 Å². The third-order valence-electron chi connectivity index (χ3n) is 4.35. The van der Waals surface area contributed by atoms with Crippen molar-refractivity contribution < 1.29 is 9.59 Å². The molecule has 3 rings (SSSR count). The monoisotopic (exact) mass is 302 g/mol. The average molecular weight is 302 g/mol. The molecule has 2 heterocycles. The van der Waals surface area contributed by atoms with Gasteiger partial charge in [0, 0.05) is 19.0 Å². The van der Waals surface area contributed by atoms with Crippen molar-refractivity contribution in [3.63, 3.8) is 0 Å². The number of rotatable bonds is 3. The first-order valence-electron chi connectivity index (χ1n) is 8.01. The van der Waals surface area contributed by atoms with Crippen molar-refractivity contribution in [2.45, 2.75) is 32.1 Å². The van der Waals surface area contributed by atoms with E-state index in [1.54, 1.807) is 6.20 Å². The lowest BCUT2D eigenvalue weighted by atomic mass is 9.88. The maximum Gasteiger partial charge on any atom is 0.239 e. The Hall–Kier alpha value is -2.11. The molecule has 1 saturated carbocycles. The van der Waals surface area contributed by atoms with E-state index in [0.717, 1.165) is 43.7 Å². The lowest BCUT2D eigenvalue weighted by molar-refractivity contribution is -0.121. The minimum Gasteiger partial charge on any atom is -0.353 e. The molecule has 0 radical (unpaired) electrons. The topological polar surface area (TPSA) is 74.3 Å². The van der Waals surface area contributed by atoms with E-state index in [0.29, 0.717) is 13.1 Å². The summed E-state index contributed by atoms with van der Waals surface area (Å²) in [6, 6.07) is 3.71. The Bertz CT molecular complexity index is 538. The Kier molecular flexibility index (Phi) is 4.56. The first kappa shape index (κ1) is 14.8. The van der Waals surface area contributed by atoms with Crippen LogP contribution in [0.2, 0.25) is 0 Å². The molecule has 0 atom stereocenters. The standard InChI is InChI=1S/C16H22N4O2/c21-15-11-20(9-8-17-15)14-7-6-13(10-18-14)19-16(22)12-4-2-1-3-5-12/h6-7,10,12H,1-5,8-9,11H2,(H,17,21)(H,19,22). The second-order valence-corrected chi connectivity index (χ2v) is 6.00. The molecule has 1 aromatic heterocycles. The average Bonchev–Trinajstić information content (AvgIpc) is 2.56. The summed E-state index contributed by atoms with van der Waals surface area (Å²) in [5.74, 6) is 1.03. The third kappa shape index (κ3) is 3.55. The number of carbonyl (C=O) groups is 2. The highest BCUT2D eigenvalue weighted by molar-refractivity contribution is 5.92. The van der Waals surface area contributed by atoms with E-state index < -0.39 is 0 Å². The fourth-order valence-electron chi connectivity index (χ4n) is 3.09. The van der Waals surface area contributed by atoms with Crippen LogP contribution in [0.15, 0.2) is 18.3 Å². The van der Waals surface area contributed by atoms with Crippen LogP contribution in [0.5, 0.6) is 0 Å². The number of piperazine rings is 1. The summed E-state index contributed by atoms with van der Waals surface area (Å²) in [5.41, 5.74) is 0.723. The van der Waals surface area contributed by atoms with E-state index in [-0.39, 0.29) is 17.7 Å². The van der Waals surface area contributed by atoms with Gasteiger partial charge in [0.25, 0.3) is 0 Å².